The summed E-state index contributed by atoms with van der Waals surface area (Å²) in [5.41, 5.74) is 1.83. The van der Waals surface area contributed by atoms with Crippen molar-refractivity contribution in [2.24, 2.45) is 0 Å². The number of amides is 1. The van der Waals surface area contributed by atoms with Gasteiger partial charge in [-0.25, -0.2) is 0 Å². The molecular formula is C13H13NOS2. The lowest BCUT2D eigenvalue weighted by Gasteiger charge is -2.06. The lowest BCUT2D eigenvalue weighted by atomic mass is 10.2. The third-order valence-corrected chi connectivity index (χ3v) is 3.94. The van der Waals surface area contributed by atoms with Crippen LogP contribution in [-0.4, -0.2) is 5.91 Å². The third kappa shape index (κ3) is 2.90. The number of rotatable bonds is 3. The Morgan fingerprint density at radius 3 is 2.76 bits per heavy atom. The monoisotopic (exact) mass is 263 g/mol. The maximum absolute atomic E-state index is 11.9. The Labute approximate surface area is 110 Å². The van der Waals surface area contributed by atoms with E-state index in [1.165, 1.54) is 10.4 Å². The highest BCUT2D eigenvalue weighted by Crippen LogP contribution is 2.16. The number of benzene rings is 1. The first kappa shape index (κ1) is 12.2. The van der Waals surface area contributed by atoms with Gasteiger partial charge in [0.2, 0.25) is 0 Å². The van der Waals surface area contributed by atoms with Crippen LogP contribution in [0.2, 0.25) is 0 Å². The minimum Gasteiger partial charge on any atom is -0.347 e. The van der Waals surface area contributed by atoms with Crippen molar-refractivity contribution in [1.29, 1.82) is 0 Å². The number of thiol groups is 1. The van der Waals surface area contributed by atoms with Gasteiger partial charge in [0.25, 0.3) is 5.91 Å². The lowest BCUT2D eigenvalue weighted by molar-refractivity contribution is 0.0948. The first-order valence-electron chi connectivity index (χ1n) is 5.27. The minimum absolute atomic E-state index is 0.0802. The van der Waals surface area contributed by atoms with Gasteiger partial charge in [-0.3, -0.25) is 4.79 Å². The quantitative estimate of drug-likeness (QED) is 0.818. The molecule has 0 bridgehead atoms. The van der Waals surface area contributed by atoms with Crippen molar-refractivity contribution in [3.05, 3.63) is 51.7 Å². The van der Waals surface area contributed by atoms with Crippen LogP contribution >= 0.6 is 24.0 Å². The van der Waals surface area contributed by atoms with Crippen molar-refractivity contribution in [2.45, 2.75) is 18.4 Å². The predicted octanol–water partition coefficient (Wildman–Crippen LogP) is 3.28. The number of nitrogens with one attached hydrogen (secondary N) is 1. The van der Waals surface area contributed by atoms with Crippen LogP contribution in [0.25, 0.3) is 0 Å². The normalized spacial score (nSPS) is 10.2. The summed E-state index contributed by atoms with van der Waals surface area (Å²) in [7, 11) is 0. The lowest BCUT2D eigenvalue weighted by Crippen LogP contribution is -2.23. The van der Waals surface area contributed by atoms with Crippen LogP contribution in [-0.2, 0) is 6.54 Å². The Hall–Kier alpha value is -1.26. The van der Waals surface area contributed by atoms with Crippen LogP contribution in [0.3, 0.4) is 0 Å². The van der Waals surface area contributed by atoms with E-state index in [1.807, 2.05) is 30.5 Å². The second-order valence-corrected chi connectivity index (χ2v) is 5.21. The average Bonchev–Trinajstić information content (AvgIpc) is 2.72. The van der Waals surface area contributed by atoms with Crippen LogP contribution in [0.1, 0.15) is 20.8 Å². The molecule has 0 saturated carbocycles. The Bertz CT molecular complexity index is 534. The van der Waals surface area contributed by atoms with Gasteiger partial charge in [0.05, 0.1) is 12.1 Å². The zero-order valence-electron chi connectivity index (χ0n) is 9.43. The molecule has 0 radical (unpaired) electrons. The van der Waals surface area contributed by atoms with Crippen LogP contribution in [0.15, 0.2) is 40.6 Å². The van der Waals surface area contributed by atoms with Crippen LogP contribution < -0.4 is 5.32 Å². The highest BCUT2D eigenvalue weighted by atomic mass is 32.1. The van der Waals surface area contributed by atoms with Crippen molar-refractivity contribution >= 4 is 29.9 Å². The second kappa shape index (κ2) is 5.38. The summed E-state index contributed by atoms with van der Waals surface area (Å²) >= 11 is 5.92. The summed E-state index contributed by atoms with van der Waals surface area (Å²) in [5.74, 6) is -0.0802. The zero-order chi connectivity index (χ0) is 12.3. The van der Waals surface area contributed by atoms with Crippen LogP contribution in [0.4, 0.5) is 0 Å². The molecule has 0 saturated heterocycles. The van der Waals surface area contributed by atoms with Gasteiger partial charge >= 0.3 is 0 Å². The standard InChI is InChI=1S/C13H13NOS2/c1-9-6-7-17-12(9)8-14-13(15)10-4-2-3-5-11(10)16/h2-7,16H,8H2,1H3,(H,14,15). The second-order valence-electron chi connectivity index (χ2n) is 3.73. The Kier molecular flexibility index (Phi) is 3.86. The van der Waals surface area contributed by atoms with Crippen molar-refractivity contribution in [3.8, 4) is 0 Å². The molecule has 1 aromatic carbocycles. The molecule has 0 unspecified atom stereocenters. The predicted molar refractivity (Wildman–Crippen MR) is 73.9 cm³/mol. The molecule has 17 heavy (non-hydrogen) atoms. The molecule has 4 heteroatoms. The fourth-order valence-corrected chi connectivity index (χ4v) is 2.61. The van der Waals surface area contributed by atoms with E-state index in [0.717, 1.165) is 0 Å². The van der Waals surface area contributed by atoms with E-state index in [-0.39, 0.29) is 5.91 Å². The Morgan fingerprint density at radius 1 is 1.35 bits per heavy atom. The number of thiophene rings is 1. The van der Waals surface area contributed by atoms with E-state index in [2.05, 4.69) is 24.0 Å². The van der Waals surface area contributed by atoms with E-state index in [0.29, 0.717) is 17.0 Å². The third-order valence-electron chi connectivity index (χ3n) is 2.53. The summed E-state index contributed by atoms with van der Waals surface area (Å²) in [6.07, 6.45) is 0. The fourth-order valence-electron chi connectivity index (χ4n) is 1.51. The van der Waals surface area contributed by atoms with Crippen molar-refractivity contribution in [1.82, 2.24) is 5.32 Å². The van der Waals surface area contributed by atoms with Crippen molar-refractivity contribution in [3.63, 3.8) is 0 Å². The van der Waals surface area contributed by atoms with Gasteiger partial charge in [-0.1, -0.05) is 12.1 Å². The molecule has 2 rings (SSSR count). The largest absolute Gasteiger partial charge is 0.347 e. The molecule has 1 N–H and O–H groups in total. The number of hydrogen-bond donors (Lipinski definition) is 2. The minimum atomic E-state index is -0.0802. The van der Waals surface area contributed by atoms with Gasteiger partial charge in [-0.2, -0.15) is 0 Å². The van der Waals surface area contributed by atoms with E-state index in [1.54, 1.807) is 17.4 Å². The summed E-state index contributed by atoms with van der Waals surface area (Å²) < 4.78 is 0. The van der Waals surface area contributed by atoms with Gasteiger partial charge in [0.1, 0.15) is 0 Å². The smallest absolute Gasteiger partial charge is 0.252 e. The molecule has 0 atom stereocenters. The highest BCUT2D eigenvalue weighted by molar-refractivity contribution is 7.80. The maximum atomic E-state index is 11.9. The van der Waals surface area contributed by atoms with E-state index < -0.39 is 0 Å². The maximum Gasteiger partial charge on any atom is 0.252 e. The number of hydrogen-bond acceptors (Lipinski definition) is 3. The van der Waals surface area contributed by atoms with Crippen LogP contribution in [0, 0.1) is 6.92 Å². The van der Waals surface area contributed by atoms with Crippen molar-refractivity contribution < 1.29 is 4.79 Å². The molecule has 88 valence electrons. The number of carbonyl (C=O) groups excluding carboxylic acids is 1. The summed E-state index contributed by atoms with van der Waals surface area (Å²) in [4.78, 5) is 13.8. The number of carbonyl (C=O) groups is 1. The van der Waals surface area contributed by atoms with E-state index >= 15 is 0 Å². The topological polar surface area (TPSA) is 29.1 Å². The molecule has 0 aliphatic rings. The van der Waals surface area contributed by atoms with E-state index in [4.69, 9.17) is 0 Å². The van der Waals surface area contributed by atoms with Gasteiger partial charge in [-0.05, 0) is 36.1 Å². The molecule has 1 amide bonds. The number of aryl methyl sites for hydroxylation is 1. The van der Waals surface area contributed by atoms with Crippen LogP contribution in [0.5, 0.6) is 0 Å². The first-order chi connectivity index (χ1) is 8.18. The molecule has 0 spiro atoms. The van der Waals surface area contributed by atoms with Crippen molar-refractivity contribution in [2.75, 3.05) is 0 Å². The van der Waals surface area contributed by atoms with Gasteiger partial charge in [0.15, 0.2) is 0 Å². The molecule has 2 aromatic rings. The molecule has 1 heterocycles. The van der Waals surface area contributed by atoms with Gasteiger partial charge in [-0.15, -0.1) is 24.0 Å². The molecule has 2 nitrogen and oxygen atoms in total. The summed E-state index contributed by atoms with van der Waals surface area (Å²) in [5, 5.41) is 4.94. The molecule has 0 aliphatic heterocycles. The molecule has 1 aromatic heterocycles. The van der Waals surface area contributed by atoms with Gasteiger partial charge < -0.3 is 5.32 Å². The SMILES string of the molecule is Cc1ccsc1CNC(=O)c1ccccc1S. The van der Waals surface area contributed by atoms with E-state index in [9.17, 15) is 4.79 Å². The Balaban J connectivity index is 2.04. The molecule has 0 fully saturated rings. The fraction of sp³-hybridized carbons (Fsp3) is 0.154. The van der Waals surface area contributed by atoms with Gasteiger partial charge in [0, 0.05) is 9.77 Å². The molecular weight excluding hydrogens is 250 g/mol. The highest BCUT2D eigenvalue weighted by Gasteiger charge is 2.09. The first-order valence-corrected chi connectivity index (χ1v) is 6.60. The summed E-state index contributed by atoms with van der Waals surface area (Å²) in [6, 6.07) is 9.35. The zero-order valence-corrected chi connectivity index (χ0v) is 11.1. The Morgan fingerprint density at radius 2 is 2.12 bits per heavy atom. The summed E-state index contributed by atoms with van der Waals surface area (Å²) in [6.45, 7) is 2.62. The molecule has 0 aliphatic carbocycles. The average molecular weight is 263 g/mol.